The molecule has 102 valence electrons. The van der Waals surface area contributed by atoms with Gasteiger partial charge in [0.05, 0.1) is 0 Å². The first-order chi connectivity index (χ1) is 7.91. The van der Waals surface area contributed by atoms with E-state index in [1.54, 1.807) is 7.05 Å². The van der Waals surface area contributed by atoms with Gasteiger partial charge in [-0.2, -0.15) is 17.0 Å². The van der Waals surface area contributed by atoms with Crippen molar-refractivity contribution in [3.63, 3.8) is 0 Å². The van der Waals surface area contributed by atoms with Crippen LogP contribution in [-0.4, -0.2) is 55.4 Å². The van der Waals surface area contributed by atoms with E-state index in [1.807, 2.05) is 6.92 Å². The first-order valence-corrected chi connectivity index (χ1v) is 7.64. The fourth-order valence-electron chi connectivity index (χ4n) is 2.18. The molecule has 0 aromatic carbocycles. The molecule has 0 amide bonds. The highest BCUT2D eigenvalue weighted by atomic mass is 32.2. The van der Waals surface area contributed by atoms with Crippen LogP contribution in [0.4, 0.5) is 0 Å². The third kappa shape index (κ3) is 2.99. The van der Waals surface area contributed by atoms with Crippen LogP contribution < -0.4 is 0 Å². The van der Waals surface area contributed by atoms with E-state index in [0.29, 0.717) is 19.6 Å². The Morgan fingerprint density at radius 3 is 2.18 bits per heavy atom. The molecule has 1 aliphatic heterocycles. The molecule has 1 aliphatic rings. The van der Waals surface area contributed by atoms with Gasteiger partial charge in [0, 0.05) is 33.3 Å². The average molecular weight is 264 g/mol. The zero-order chi connectivity index (χ0) is 13.1. The number of piperidine rings is 1. The molecule has 1 rings (SSSR count). The lowest BCUT2D eigenvalue weighted by Crippen LogP contribution is -2.48. The molecule has 0 radical (unpaired) electrons. The van der Waals surface area contributed by atoms with Crippen molar-refractivity contribution in [3.05, 3.63) is 0 Å². The fourth-order valence-corrected chi connectivity index (χ4v) is 3.54. The number of hydrogen-bond donors (Lipinski definition) is 1. The second-order valence-electron chi connectivity index (χ2n) is 4.83. The summed E-state index contributed by atoms with van der Waals surface area (Å²) < 4.78 is 27.1. The van der Waals surface area contributed by atoms with Crippen molar-refractivity contribution >= 4 is 10.2 Å². The minimum atomic E-state index is -3.29. The summed E-state index contributed by atoms with van der Waals surface area (Å²) in [6, 6.07) is 0. The zero-order valence-electron chi connectivity index (χ0n) is 11.0. The van der Waals surface area contributed by atoms with E-state index in [1.165, 1.54) is 8.61 Å². The Labute approximate surface area is 105 Å². The molecule has 5 nitrogen and oxygen atoms in total. The molecular formula is C11H24N2O3S. The van der Waals surface area contributed by atoms with E-state index in [9.17, 15) is 13.5 Å². The summed E-state index contributed by atoms with van der Waals surface area (Å²) in [5, 5.41) is 9.41. The third-order valence-corrected chi connectivity index (χ3v) is 6.10. The summed E-state index contributed by atoms with van der Waals surface area (Å²) in [5.41, 5.74) is -0.0726. The van der Waals surface area contributed by atoms with Crippen LogP contribution in [0.1, 0.15) is 33.1 Å². The van der Waals surface area contributed by atoms with E-state index < -0.39 is 10.2 Å². The van der Waals surface area contributed by atoms with Crippen LogP contribution in [0.15, 0.2) is 0 Å². The summed E-state index contributed by atoms with van der Waals surface area (Å²) in [7, 11) is -1.69. The Bertz CT molecular complexity index is 329. The highest BCUT2D eigenvalue weighted by Gasteiger charge is 2.37. The largest absolute Gasteiger partial charge is 0.396 e. The molecule has 0 spiro atoms. The maximum absolute atomic E-state index is 12.1. The lowest BCUT2D eigenvalue weighted by molar-refractivity contribution is 0.0633. The van der Waals surface area contributed by atoms with Gasteiger partial charge in [0.2, 0.25) is 0 Å². The second kappa shape index (κ2) is 5.65. The molecule has 1 saturated heterocycles. The van der Waals surface area contributed by atoms with Crippen LogP contribution in [0.3, 0.4) is 0 Å². The van der Waals surface area contributed by atoms with Gasteiger partial charge >= 0.3 is 0 Å². The number of aliphatic hydroxyl groups is 1. The van der Waals surface area contributed by atoms with Crippen molar-refractivity contribution in [3.8, 4) is 0 Å². The molecule has 0 aromatic rings. The number of hydrogen-bond acceptors (Lipinski definition) is 3. The van der Waals surface area contributed by atoms with Crippen molar-refractivity contribution in [2.45, 2.75) is 33.1 Å². The zero-order valence-corrected chi connectivity index (χ0v) is 11.8. The van der Waals surface area contributed by atoms with Crippen LogP contribution in [0, 0.1) is 5.41 Å². The van der Waals surface area contributed by atoms with Gasteiger partial charge in [-0.3, -0.25) is 0 Å². The first-order valence-electron chi connectivity index (χ1n) is 6.24. The Morgan fingerprint density at radius 2 is 1.82 bits per heavy atom. The van der Waals surface area contributed by atoms with Crippen molar-refractivity contribution in [2.24, 2.45) is 5.41 Å². The standard InChI is InChI=1S/C11H24N2O3S/c1-4-11(10-14)6-8-13(9-7-11)17(15,16)12(3)5-2/h14H,4-10H2,1-3H3. The molecule has 0 unspecified atom stereocenters. The Kier molecular flexibility index (Phi) is 4.95. The molecule has 1 heterocycles. The molecule has 0 aliphatic carbocycles. The molecule has 0 saturated carbocycles. The predicted octanol–water partition coefficient (Wildman–Crippen LogP) is 0.667. The van der Waals surface area contributed by atoms with Crippen LogP contribution in [0.2, 0.25) is 0 Å². The van der Waals surface area contributed by atoms with Crippen LogP contribution in [-0.2, 0) is 10.2 Å². The quantitative estimate of drug-likeness (QED) is 0.794. The molecule has 0 bridgehead atoms. The molecule has 17 heavy (non-hydrogen) atoms. The monoisotopic (exact) mass is 264 g/mol. The van der Waals surface area contributed by atoms with Gasteiger partial charge in [-0.15, -0.1) is 0 Å². The van der Waals surface area contributed by atoms with E-state index >= 15 is 0 Å². The first kappa shape index (κ1) is 14.9. The van der Waals surface area contributed by atoms with Gasteiger partial charge in [0.25, 0.3) is 10.2 Å². The molecular weight excluding hydrogens is 240 g/mol. The van der Waals surface area contributed by atoms with Crippen molar-refractivity contribution in [1.29, 1.82) is 0 Å². The average Bonchev–Trinajstić information content (AvgIpc) is 2.37. The van der Waals surface area contributed by atoms with Gasteiger partial charge in [0.1, 0.15) is 0 Å². The Hall–Kier alpha value is -0.170. The summed E-state index contributed by atoms with van der Waals surface area (Å²) in [5.74, 6) is 0. The molecule has 1 N–H and O–H groups in total. The van der Waals surface area contributed by atoms with Gasteiger partial charge < -0.3 is 5.11 Å². The Morgan fingerprint density at radius 1 is 1.29 bits per heavy atom. The number of rotatable bonds is 5. The minimum Gasteiger partial charge on any atom is -0.396 e. The lowest BCUT2D eigenvalue weighted by atomic mass is 9.77. The molecule has 0 aromatic heterocycles. The third-order valence-electron chi connectivity index (χ3n) is 4.03. The summed E-state index contributed by atoms with van der Waals surface area (Å²) >= 11 is 0. The molecule has 6 heteroatoms. The van der Waals surface area contributed by atoms with E-state index in [-0.39, 0.29) is 12.0 Å². The maximum atomic E-state index is 12.1. The summed E-state index contributed by atoms with van der Waals surface area (Å²) in [6.07, 6.45) is 2.40. The maximum Gasteiger partial charge on any atom is 0.281 e. The summed E-state index contributed by atoms with van der Waals surface area (Å²) in [4.78, 5) is 0. The lowest BCUT2D eigenvalue weighted by Gasteiger charge is -2.40. The van der Waals surface area contributed by atoms with E-state index in [4.69, 9.17) is 0 Å². The fraction of sp³-hybridized carbons (Fsp3) is 1.00. The molecule has 1 fully saturated rings. The summed E-state index contributed by atoms with van der Waals surface area (Å²) in [6.45, 7) is 5.55. The smallest absolute Gasteiger partial charge is 0.281 e. The SMILES string of the molecule is CCN(C)S(=O)(=O)N1CCC(CC)(CO)CC1. The number of nitrogens with zero attached hydrogens (tertiary/aromatic N) is 2. The van der Waals surface area contributed by atoms with Crippen LogP contribution in [0.25, 0.3) is 0 Å². The predicted molar refractivity (Wildman–Crippen MR) is 67.8 cm³/mol. The van der Waals surface area contributed by atoms with E-state index in [2.05, 4.69) is 6.92 Å². The number of aliphatic hydroxyl groups excluding tert-OH is 1. The topological polar surface area (TPSA) is 60.9 Å². The van der Waals surface area contributed by atoms with Gasteiger partial charge in [-0.1, -0.05) is 13.8 Å². The van der Waals surface area contributed by atoms with Gasteiger partial charge in [-0.05, 0) is 24.7 Å². The Balaban J connectivity index is 2.70. The highest BCUT2D eigenvalue weighted by Crippen LogP contribution is 2.35. The van der Waals surface area contributed by atoms with Crippen molar-refractivity contribution < 1.29 is 13.5 Å². The second-order valence-corrected chi connectivity index (χ2v) is 6.87. The van der Waals surface area contributed by atoms with Gasteiger partial charge in [0.15, 0.2) is 0 Å². The normalized spacial score (nSPS) is 21.9. The highest BCUT2D eigenvalue weighted by molar-refractivity contribution is 7.86. The minimum absolute atomic E-state index is 0.0726. The van der Waals surface area contributed by atoms with Crippen LogP contribution >= 0.6 is 0 Å². The van der Waals surface area contributed by atoms with Crippen molar-refractivity contribution in [2.75, 3.05) is 33.3 Å². The molecule has 0 atom stereocenters. The van der Waals surface area contributed by atoms with Crippen molar-refractivity contribution in [1.82, 2.24) is 8.61 Å². The van der Waals surface area contributed by atoms with E-state index in [0.717, 1.165) is 19.3 Å². The van der Waals surface area contributed by atoms with Crippen LogP contribution in [0.5, 0.6) is 0 Å². The van der Waals surface area contributed by atoms with Gasteiger partial charge in [-0.25, -0.2) is 0 Å².